The maximum Gasteiger partial charge on any atom is 0.312 e. The second-order valence-corrected chi connectivity index (χ2v) is 6.31. The van der Waals surface area contributed by atoms with Crippen LogP contribution in [0.25, 0.3) is 0 Å². The van der Waals surface area contributed by atoms with Crippen molar-refractivity contribution in [2.75, 3.05) is 6.54 Å². The lowest BCUT2D eigenvalue weighted by Crippen LogP contribution is -2.39. The van der Waals surface area contributed by atoms with Gasteiger partial charge >= 0.3 is 5.69 Å². The van der Waals surface area contributed by atoms with E-state index in [9.17, 15) is 14.9 Å². The molecule has 2 rings (SSSR count). The standard InChI is InChI=1S/C16H21ClN2O4/c1-11(16(20)18-10-12-5-3-2-4-6-12)23-15-8-7-13(17)9-14(15)19(21)22/h7-9,11-12H,2-6,10H2,1H3,(H,18,20)/t11-/m0/s1. The van der Waals surface area contributed by atoms with Crippen LogP contribution in [0.15, 0.2) is 18.2 Å². The molecule has 0 spiro atoms. The summed E-state index contributed by atoms with van der Waals surface area (Å²) in [6, 6.07) is 4.12. The van der Waals surface area contributed by atoms with E-state index < -0.39 is 11.0 Å². The van der Waals surface area contributed by atoms with Gasteiger partial charge in [0.15, 0.2) is 11.9 Å². The zero-order valence-corrected chi connectivity index (χ0v) is 13.8. The van der Waals surface area contributed by atoms with Gasteiger partial charge < -0.3 is 10.1 Å². The second-order valence-electron chi connectivity index (χ2n) is 5.88. The molecule has 1 amide bonds. The van der Waals surface area contributed by atoms with Gasteiger partial charge in [-0.25, -0.2) is 0 Å². The number of carbonyl (C=O) groups is 1. The van der Waals surface area contributed by atoms with Crippen molar-refractivity contribution >= 4 is 23.2 Å². The minimum atomic E-state index is -0.807. The number of rotatable bonds is 6. The second kappa shape index (κ2) is 8.15. The zero-order valence-electron chi connectivity index (χ0n) is 13.1. The van der Waals surface area contributed by atoms with E-state index in [1.54, 1.807) is 6.92 Å². The van der Waals surface area contributed by atoms with Gasteiger partial charge in [-0.2, -0.15) is 0 Å². The first kappa shape index (κ1) is 17.5. The molecule has 7 heteroatoms. The molecule has 0 heterocycles. The van der Waals surface area contributed by atoms with Crippen molar-refractivity contribution in [3.63, 3.8) is 0 Å². The molecule has 0 unspecified atom stereocenters. The SMILES string of the molecule is C[C@H](Oc1ccc(Cl)cc1[N+](=O)[O-])C(=O)NCC1CCCCC1. The van der Waals surface area contributed by atoms with Crippen LogP contribution in [-0.4, -0.2) is 23.5 Å². The van der Waals surface area contributed by atoms with Crippen LogP contribution in [0.5, 0.6) is 5.75 Å². The molecule has 1 fully saturated rings. The van der Waals surface area contributed by atoms with Crippen molar-refractivity contribution in [2.45, 2.75) is 45.1 Å². The number of halogens is 1. The van der Waals surface area contributed by atoms with E-state index in [4.69, 9.17) is 16.3 Å². The fourth-order valence-electron chi connectivity index (χ4n) is 2.76. The highest BCUT2D eigenvalue weighted by Crippen LogP contribution is 2.30. The van der Waals surface area contributed by atoms with Gasteiger partial charge in [0, 0.05) is 17.6 Å². The first-order valence-corrected chi connectivity index (χ1v) is 8.23. The predicted molar refractivity (Wildman–Crippen MR) is 87.8 cm³/mol. The Morgan fingerprint density at radius 3 is 2.78 bits per heavy atom. The molecular formula is C16H21ClN2O4. The molecule has 1 atom stereocenters. The summed E-state index contributed by atoms with van der Waals surface area (Å²) < 4.78 is 5.45. The first-order chi connectivity index (χ1) is 11.0. The third kappa shape index (κ3) is 5.10. The normalized spacial score (nSPS) is 16.6. The average Bonchev–Trinajstić information content (AvgIpc) is 2.55. The molecule has 0 aliphatic heterocycles. The van der Waals surface area contributed by atoms with Crippen LogP contribution in [-0.2, 0) is 4.79 Å². The van der Waals surface area contributed by atoms with E-state index in [1.807, 2.05) is 0 Å². The number of ether oxygens (including phenoxy) is 1. The van der Waals surface area contributed by atoms with Gasteiger partial charge in [0.25, 0.3) is 5.91 Å². The Hall–Kier alpha value is -1.82. The Labute approximate surface area is 140 Å². The molecule has 1 aromatic rings. The number of amides is 1. The van der Waals surface area contributed by atoms with Crippen molar-refractivity contribution in [3.05, 3.63) is 33.3 Å². The van der Waals surface area contributed by atoms with Crippen molar-refractivity contribution in [2.24, 2.45) is 5.92 Å². The first-order valence-electron chi connectivity index (χ1n) is 7.85. The minimum Gasteiger partial charge on any atom is -0.474 e. The van der Waals surface area contributed by atoms with E-state index in [1.165, 1.54) is 37.5 Å². The van der Waals surface area contributed by atoms with E-state index in [0.717, 1.165) is 12.8 Å². The Balaban J connectivity index is 1.91. The van der Waals surface area contributed by atoms with Gasteiger partial charge in [-0.05, 0) is 37.8 Å². The topological polar surface area (TPSA) is 81.5 Å². The molecule has 6 nitrogen and oxygen atoms in total. The summed E-state index contributed by atoms with van der Waals surface area (Å²) in [6.07, 6.45) is 5.16. The highest BCUT2D eigenvalue weighted by Gasteiger charge is 2.22. The van der Waals surface area contributed by atoms with E-state index >= 15 is 0 Å². The largest absolute Gasteiger partial charge is 0.474 e. The molecule has 0 radical (unpaired) electrons. The fourth-order valence-corrected chi connectivity index (χ4v) is 2.92. The van der Waals surface area contributed by atoms with Gasteiger partial charge in [-0.3, -0.25) is 14.9 Å². The number of carbonyl (C=O) groups excluding carboxylic acids is 1. The zero-order chi connectivity index (χ0) is 16.8. The molecule has 126 valence electrons. The van der Waals surface area contributed by atoms with Gasteiger partial charge in [0.1, 0.15) is 0 Å². The lowest BCUT2D eigenvalue weighted by molar-refractivity contribution is -0.386. The van der Waals surface area contributed by atoms with Gasteiger partial charge in [-0.1, -0.05) is 30.9 Å². The van der Waals surface area contributed by atoms with Gasteiger partial charge in [0.2, 0.25) is 0 Å². The van der Waals surface area contributed by atoms with Crippen LogP contribution in [0.1, 0.15) is 39.0 Å². The number of nitro benzene ring substituents is 1. The third-order valence-corrected chi connectivity index (χ3v) is 4.32. The third-order valence-electron chi connectivity index (χ3n) is 4.08. The average molecular weight is 341 g/mol. The lowest BCUT2D eigenvalue weighted by atomic mass is 9.89. The van der Waals surface area contributed by atoms with E-state index in [0.29, 0.717) is 12.5 Å². The van der Waals surface area contributed by atoms with Crippen LogP contribution in [0.3, 0.4) is 0 Å². The number of nitrogens with one attached hydrogen (secondary N) is 1. The van der Waals surface area contributed by atoms with Crippen LogP contribution in [0, 0.1) is 16.0 Å². The van der Waals surface area contributed by atoms with E-state index in [-0.39, 0.29) is 22.4 Å². The van der Waals surface area contributed by atoms with Crippen molar-refractivity contribution in [1.82, 2.24) is 5.32 Å². The number of nitro groups is 1. The summed E-state index contributed by atoms with van der Waals surface area (Å²) >= 11 is 5.76. The van der Waals surface area contributed by atoms with Gasteiger partial charge in [0.05, 0.1) is 4.92 Å². The molecular weight excluding hydrogens is 320 g/mol. The monoisotopic (exact) mass is 340 g/mol. The molecule has 0 saturated heterocycles. The summed E-state index contributed by atoms with van der Waals surface area (Å²) in [6.45, 7) is 2.21. The number of hydrogen-bond acceptors (Lipinski definition) is 4. The van der Waals surface area contributed by atoms with Crippen molar-refractivity contribution in [3.8, 4) is 5.75 Å². The lowest BCUT2D eigenvalue weighted by Gasteiger charge is -2.22. The molecule has 1 N–H and O–H groups in total. The summed E-state index contributed by atoms with van der Waals surface area (Å²) in [5.41, 5.74) is -0.246. The quantitative estimate of drug-likeness (QED) is 0.632. The molecule has 1 saturated carbocycles. The molecule has 0 bridgehead atoms. The highest BCUT2D eigenvalue weighted by atomic mass is 35.5. The summed E-state index contributed by atoms with van der Waals surface area (Å²) in [5.74, 6) is 0.296. The Morgan fingerprint density at radius 2 is 2.13 bits per heavy atom. The highest BCUT2D eigenvalue weighted by molar-refractivity contribution is 6.30. The molecule has 23 heavy (non-hydrogen) atoms. The Morgan fingerprint density at radius 1 is 1.43 bits per heavy atom. The van der Waals surface area contributed by atoms with Crippen LogP contribution >= 0.6 is 11.6 Å². The van der Waals surface area contributed by atoms with Crippen molar-refractivity contribution in [1.29, 1.82) is 0 Å². The number of benzene rings is 1. The van der Waals surface area contributed by atoms with Gasteiger partial charge in [-0.15, -0.1) is 0 Å². The fraction of sp³-hybridized carbons (Fsp3) is 0.562. The van der Waals surface area contributed by atoms with Crippen LogP contribution < -0.4 is 10.1 Å². The molecule has 1 aliphatic rings. The van der Waals surface area contributed by atoms with Crippen LogP contribution in [0.2, 0.25) is 5.02 Å². The summed E-state index contributed by atoms with van der Waals surface area (Å²) in [5, 5.41) is 14.1. The number of hydrogen-bond donors (Lipinski definition) is 1. The van der Waals surface area contributed by atoms with Crippen LogP contribution in [0.4, 0.5) is 5.69 Å². The maximum atomic E-state index is 12.1. The Kier molecular flexibility index (Phi) is 6.21. The predicted octanol–water partition coefficient (Wildman–Crippen LogP) is 3.71. The maximum absolute atomic E-state index is 12.1. The Bertz CT molecular complexity index is 573. The summed E-state index contributed by atoms with van der Waals surface area (Å²) in [4.78, 5) is 22.6. The van der Waals surface area contributed by atoms with Crippen molar-refractivity contribution < 1.29 is 14.5 Å². The minimum absolute atomic E-state index is 0.0414. The van der Waals surface area contributed by atoms with E-state index in [2.05, 4.69) is 5.32 Å². The summed E-state index contributed by atoms with van der Waals surface area (Å²) in [7, 11) is 0. The smallest absolute Gasteiger partial charge is 0.312 e. The molecule has 0 aromatic heterocycles. The molecule has 1 aromatic carbocycles. The molecule has 1 aliphatic carbocycles. The number of nitrogens with zero attached hydrogens (tertiary/aromatic N) is 1.